The topological polar surface area (TPSA) is 121 Å². The van der Waals surface area contributed by atoms with Crippen LogP contribution >= 0.6 is 11.8 Å². The van der Waals surface area contributed by atoms with Crippen molar-refractivity contribution in [1.29, 1.82) is 0 Å². The van der Waals surface area contributed by atoms with Crippen molar-refractivity contribution in [2.75, 3.05) is 6.61 Å². The molecular weight excluding hydrogens is 394 g/mol. The van der Waals surface area contributed by atoms with E-state index in [0.717, 1.165) is 0 Å². The average Bonchev–Trinajstić information content (AvgIpc) is 3.07. The second-order valence-corrected chi connectivity index (χ2v) is 7.85. The molecule has 1 aromatic heterocycles. The molecule has 2 heterocycles. The van der Waals surface area contributed by atoms with E-state index < -0.39 is 23.3 Å². The summed E-state index contributed by atoms with van der Waals surface area (Å²) in [5, 5.41) is 10.6. The van der Waals surface area contributed by atoms with Crippen LogP contribution < -0.4 is 20.5 Å². The lowest BCUT2D eigenvalue weighted by Gasteiger charge is -2.26. The van der Waals surface area contributed by atoms with E-state index in [2.05, 4.69) is 22.1 Å². The lowest BCUT2D eigenvalue weighted by molar-refractivity contribution is -0.120. The highest BCUT2D eigenvalue weighted by Gasteiger charge is 2.31. The fraction of sp³-hybridized carbons (Fsp3) is 0.368. The van der Waals surface area contributed by atoms with Gasteiger partial charge in [-0.25, -0.2) is 4.79 Å². The lowest BCUT2D eigenvalue weighted by Crippen LogP contribution is -2.42. The Labute approximate surface area is 172 Å². The second kappa shape index (κ2) is 8.99. The van der Waals surface area contributed by atoms with E-state index in [-0.39, 0.29) is 12.5 Å². The summed E-state index contributed by atoms with van der Waals surface area (Å²) in [7, 11) is 0. The third kappa shape index (κ3) is 4.70. The van der Waals surface area contributed by atoms with E-state index in [0.29, 0.717) is 29.0 Å². The van der Waals surface area contributed by atoms with E-state index in [1.165, 1.54) is 11.8 Å². The minimum atomic E-state index is -0.888. The summed E-state index contributed by atoms with van der Waals surface area (Å²) >= 11 is 1.21. The van der Waals surface area contributed by atoms with Gasteiger partial charge in [-0.05, 0) is 18.1 Å². The van der Waals surface area contributed by atoms with Crippen LogP contribution in [0.3, 0.4) is 0 Å². The maximum Gasteiger partial charge on any atom is 0.318 e. The zero-order valence-corrected chi connectivity index (χ0v) is 17.0. The fourth-order valence-corrected chi connectivity index (χ4v) is 3.92. The first kappa shape index (κ1) is 20.7. The van der Waals surface area contributed by atoms with Gasteiger partial charge < -0.3 is 15.2 Å². The number of hydrogen-bond acceptors (Lipinski definition) is 7. The number of nitrogens with zero attached hydrogens (tertiary/aromatic N) is 3. The summed E-state index contributed by atoms with van der Waals surface area (Å²) in [6.45, 7) is 8.25. The monoisotopic (exact) mass is 417 g/mol. The quantitative estimate of drug-likeness (QED) is 0.523. The largest absolute Gasteiger partial charge is 0.485 e. The van der Waals surface area contributed by atoms with Gasteiger partial charge >= 0.3 is 6.03 Å². The molecule has 1 aliphatic rings. The number of imide groups is 1. The van der Waals surface area contributed by atoms with Gasteiger partial charge in [-0.2, -0.15) is 0 Å². The molecule has 0 fully saturated rings. The molecule has 0 saturated heterocycles. The number of thioether (sulfide) groups is 1. The van der Waals surface area contributed by atoms with Crippen molar-refractivity contribution in [2.45, 2.75) is 36.9 Å². The van der Waals surface area contributed by atoms with Crippen LogP contribution in [0, 0.1) is 5.92 Å². The molecule has 3 amide bonds. The van der Waals surface area contributed by atoms with Gasteiger partial charge in [-0.15, -0.1) is 16.8 Å². The van der Waals surface area contributed by atoms with E-state index in [1.54, 1.807) is 6.08 Å². The van der Waals surface area contributed by atoms with E-state index in [4.69, 9.17) is 15.2 Å². The summed E-state index contributed by atoms with van der Waals surface area (Å²) < 4.78 is 13.6. The van der Waals surface area contributed by atoms with Gasteiger partial charge in [0.05, 0.1) is 5.25 Å². The fourth-order valence-electron chi connectivity index (χ4n) is 2.87. The van der Waals surface area contributed by atoms with Crippen LogP contribution in [0.1, 0.15) is 25.8 Å². The zero-order valence-electron chi connectivity index (χ0n) is 16.2. The Morgan fingerprint density at radius 3 is 2.76 bits per heavy atom. The first-order chi connectivity index (χ1) is 13.9. The van der Waals surface area contributed by atoms with Crippen LogP contribution in [0.2, 0.25) is 0 Å². The number of fused-ring (bicyclic) bond motifs is 1. The first-order valence-corrected chi connectivity index (χ1v) is 9.98. The highest BCUT2D eigenvalue weighted by atomic mass is 32.2. The number of nitrogens with two attached hydrogens (primary N) is 1. The number of urea groups is 1. The number of hydrogen-bond donors (Lipinski definition) is 2. The molecule has 3 rings (SSSR count). The van der Waals surface area contributed by atoms with Gasteiger partial charge in [0.2, 0.25) is 5.91 Å². The summed E-state index contributed by atoms with van der Waals surface area (Å²) in [5.41, 5.74) is 5.09. The third-order valence-corrected chi connectivity index (χ3v) is 5.72. The van der Waals surface area contributed by atoms with Crippen LogP contribution in [0.25, 0.3) is 0 Å². The number of amides is 3. The Balaban J connectivity index is 1.86. The van der Waals surface area contributed by atoms with E-state index in [9.17, 15) is 9.59 Å². The Hall–Kier alpha value is -3.01. The molecule has 1 aromatic carbocycles. The molecule has 0 bridgehead atoms. The summed E-state index contributed by atoms with van der Waals surface area (Å²) in [4.78, 5) is 23.4. The third-order valence-electron chi connectivity index (χ3n) is 4.20. The molecule has 0 saturated carbocycles. The molecule has 10 heteroatoms. The maximum atomic E-state index is 12.4. The van der Waals surface area contributed by atoms with Crippen LogP contribution in [-0.4, -0.2) is 38.6 Å². The molecule has 2 atom stereocenters. The minimum Gasteiger partial charge on any atom is -0.485 e. The maximum absolute atomic E-state index is 12.4. The molecule has 9 nitrogen and oxygen atoms in total. The molecule has 3 N–H and O–H groups in total. The van der Waals surface area contributed by atoms with Crippen molar-refractivity contribution >= 4 is 23.7 Å². The standard InChI is InChI=1S/C19H23N5O4S/c1-4-9-24-16(14-10-27-12-7-5-6-8-13(12)28-14)22-23-19(24)29-15(11(2)3)17(25)21-18(20)26/h4-8,11,14-15H,1,9-10H2,2-3H3,(H3,20,21,25,26)/t14-,15+/m1/s1. The molecule has 0 radical (unpaired) electrons. The van der Waals surface area contributed by atoms with Crippen LogP contribution in [0.4, 0.5) is 4.79 Å². The van der Waals surface area contributed by atoms with E-state index in [1.807, 2.05) is 42.7 Å². The lowest BCUT2D eigenvalue weighted by atomic mass is 10.1. The predicted octanol–water partition coefficient (Wildman–Crippen LogP) is 2.29. The summed E-state index contributed by atoms with van der Waals surface area (Å²) in [6.07, 6.45) is 1.26. The molecule has 1 aliphatic heterocycles. The van der Waals surface area contributed by atoms with Gasteiger partial charge in [0.25, 0.3) is 0 Å². The highest BCUT2D eigenvalue weighted by Crippen LogP contribution is 2.36. The van der Waals surface area contributed by atoms with Gasteiger partial charge in [0.1, 0.15) is 6.61 Å². The predicted molar refractivity (Wildman–Crippen MR) is 108 cm³/mol. The van der Waals surface area contributed by atoms with Crippen molar-refractivity contribution in [2.24, 2.45) is 11.7 Å². The molecule has 0 spiro atoms. The minimum absolute atomic E-state index is 0.0715. The summed E-state index contributed by atoms with van der Waals surface area (Å²) in [6, 6.07) is 6.52. The van der Waals surface area contributed by atoms with Crippen molar-refractivity contribution < 1.29 is 19.1 Å². The van der Waals surface area contributed by atoms with E-state index >= 15 is 0 Å². The number of carbonyl (C=O) groups excluding carboxylic acids is 2. The second-order valence-electron chi connectivity index (χ2n) is 6.74. The van der Waals surface area contributed by atoms with Crippen molar-refractivity contribution in [3.05, 3.63) is 42.7 Å². The number of primary amides is 1. The Kier molecular flexibility index (Phi) is 6.42. The normalized spacial score (nSPS) is 16.3. The number of carbonyl (C=O) groups is 2. The van der Waals surface area contributed by atoms with Crippen molar-refractivity contribution in [3.8, 4) is 11.5 Å². The number of rotatable bonds is 7. The SMILES string of the molecule is C=CCn1c(S[C@H](C(=O)NC(N)=O)C(C)C)nnc1[C@H]1COc2ccccc2O1. The molecule has 2 aromatic rings. The Morgan fingerprint density at radius 1 is 1.38 bits per heavy atom. The zero-order chi connectivity index (χ0) is 21.0. The number of ether oxygens (including phenoxy) is 2. The van der Waals surface area contributed by atoms with Gasteiger partial charge in [0, 0.05) is 6.54 Å². The summed E-state index contributed by atoms with van der Waals surface area (Å²) in [5.74, 6) is 1.33. The molecule has 0 unspecified atom stereocenters. The number of nitrogens with one attached hydrogen (secondary N) is 1. The van der Waals surface area contributed by atoms with Crippen molar-refractivity contribution in [1.82, 2.24) is 20.1 Å². The van der Waals surface area contributed by atoms with Crippen molar-refractivity contribution in [3.63, 3.8) is 0 Å². The number of para-hydroxylation sites is 2. The smallest absolute Gasteiger partial charge is 0.318 e. The van der Waals surface area contributed by atoms with Crippen LogP contribution in [-0.2, 0) is 11.3 Å². The molecule has 0 aliphatic carbocycles. The van der Waals surface area contributed by atoms with Gasteiger partial charge in [-0.1, -0.05) is 43.8 Å². The molecule has 154 valence electrons. The molecule has 29 heavy (non-hydrogen) atoms. The Bertz CT molecular complexity index is 914. The van der Waals surface area contributed by atoms with Gasteiger partial charge in [0.15, 0.2) is 28.6 Å². The van der Waals surface area contributed by atoms with Crippen LogP contribution in [0.15, 0.2) is 42.1 Å². The average molecular weight is 417 g/mol. The number of aromatic nitrogens is 3. The van der Waals surface area contributed by atoms with Crippen LogP contribution in [0.5, 0.6) is 11.5 Å². The number of allylic oxidation sites excluding steroid dienone is 1. The highest BCUT2D eigenvalue weighted by molar-refractivity contribution is 8.00. The Morgan fingerprint density at radius 2 is 2.10 bits per heavy atom. The molecular formula is C19H23N5O4S. The first-order valence-electron chi connectivity index (χ1n) is 9.10. The number of benzene rings is 1. The van der Waals surface area contributed by atoms with Gasteiger partial charge in [-0.3, -0.25) is 14.7 Å².